The van der Waals surface area contributed by atoms with E-state index in [0.29, 0.717) is 22.6 Å². The zero-order chi connectivity index (χ0) is 22.1. The van der Waals surface area contributed by atoms with E-state index in [1.54, 1.807) is 50.2 Å². The molecular weight excluding hydrogens is 390 g/mol. The van der Waals surface area contributed by atoms with Crippen LogP contribution in [0.4, 0.5) is 5.69 Å². The second-order valence-electron chi connectivity index (χ2n) is 6.61. The monoisotopic (exact) mass is 413 g/mol. The fraction of sp³-hybridized carbons (Fsp3) is 0.273. The van der Waals surface area contributed by atoms with Crippen LogP contribution in [0.1, 0.15) is 41.5 Å². The van der Waals surface area contributed by atoms with Gasteiger partial charge >= 0.3 is 11.9 Å². The molecule has 0 saturated carbocycles. The first-order chi connectivity index (χ1) is 14.2. The number of hydrogen-bond acceptors (Lipinski definition) is 7. The summed E-state index contributed by atoms with van der Waals surface area (Å²) in [4.78, 5) is 46.6. The van der Waals surface area contributed by atoms with E-state index >= 15 is 0 Å². The lowest BCUT2D eigenvalue weighted by molar-refractivity contribution is -0.149. The Balaban J connectivity index is 1.74. The van der Waals surface area contributed by atoms with Crippen LogP contribution in [0.3, 0.4) is 0 Å². The highest BCUT2D eigenvalue weighted by Crippen LogP contribution is 2.13. The van der Waals surface area contributed by atoms with Crippen molar-refractivity contribution < 1.29 is 33.4 Å². The maximum absolute atomic E-state index is 11.9. The third-order valence-corrected chi connectivity index (χ3v) is 3.73. The number of ether oxygens (including phenoxy) is 3. The molecule has 8 heteroatoms. The average molecular weight is 413 g/mol. The number of nitrogens with one attached hydrogen (secondary N) is 1. The minimum atomic E-state index is -0.715. The van der Waals surface area contributed by atoms with Gasteiger partial charge in [-0.05, 0) is 69.3 Å². The molecule has 158 valence electrons. The molecule has 0 fully saturated rings. The number of carbonyl (C=O) groups is 4. The van der Waals surface area contributed by atoms with Crippen LogP contribution in [0.5, 0.6) is 5.75 Å². The Morgan fingerprint density at radius 2 is 1.47 bits per heavy atom. The zero-order valence-electron chi connectivity index (χ0n) is 17.0. The predicted molar refractivity (Wildman–Crippen MR) is 109 cm³/mol. The summed E-state index contributed by atoms with van der Waals surface area (Å²) in [6.45, 7) is 4.10. The standard InChI is InChI=1S/C22H23NO7/c1-14(2)30-22(27)17-4-8-18(9-5-17)23-20(25)12-29-21(26)13-28-19-10-6-16(7-11-19)15(3)24/h4-11,14H,12-13H2,1-3H3,(H,23,25). The summed E-state index contributed by atoms with van der Waals surface area (Å²) in [5.74, 6) is -1.37. The number of Topliss-reactive ketones (excluding diaryl/α,β-unsaturated/α-hetero) is 1. The fourth-order valence-electron chi connectivity index (χ4n) is 2.28. The van der Waals surface area contributed by atoms with E-state index in [9.17, 15) is 19.2 Å². The number of benzene rings is 2. The molecule has 2 aromatic rings. The van der Waals surface area contributed by atoms with Crippen molar-refractivity contribution in [2.45, 2.75) is 26.9 Å². The van der Waals surface area contributed by atoms with E-state index in [1.165, 1.54) is 19.1 Å². The molecule has 1 amide bonds. The van der Waals surface area contributed by atoms with Crippen molar-refractivity contribution in [1.82, 2.24) is 0 Å². The molecular formula is C22H23NO7. The normalized spacial score (nSPS) is 10.3. The van der Waals surface area contributed by atoms with E-state index in [0.717, 1.165) is 0 Å². The van der Waals surface area contributed by atoms with Crippen molar-refractivity contribution in [1.29, 1.82) is 0 Å². The summed E-state index contributed by atoms with van der Waals surface area (Å²) in [5, 5.41) is 2.55. The number of carbonyl (C=O) groups excluding carboxylic acids is 4. The Hall–Kier alpha value is -3.68. The van der Waals surface area contributed by atoms with Gasteiger partial charge in [-0.15, -0.1) is 0 Å². The highest BCUT2D eigenvalue weighted by atomic mass is 16.6. The molecule has 30 heavy (non-hydrogen) atoms. The van der Waals surface area contributed by atoms with Crippen molar-refractivity contribution in [3.8, 4) is 5.75 Å². The van der Waals surface area contributed by atoms with Crippen LogP contribution in [0.2, 0.25) is 0 Å². The smallest absolute Gasteiger partial charge is 0.344 e. The predicted octanol–water partition coefficient (Wildman–Crippen LogP) is 3.02. The number of amides is 1. The van der Waals surface area contributed by atoms with Crippen LogP contribution in [-0.4, -0.2) is 42.9 Å². The maximum Gasteiger partial charge on any atom is 0.344 e. The van der Waals surface area contributed by atoms with E-state index in [4.69, 9.17) is 14.2 Å². The highest BCUT2D eigenvalue weighted by Gasteiger charge is 2.11. The van der Waals surface area contributed by atoms with Crippen LogP contribution in [0, 0.1) is 0 Å². The lowest BCUT2D eigenvalue weighted by atomic mass is 10.1. The van der Waals surface area contributed by atoms with Crippen molar-refractivity contribution in [2.24, 2.45) is 0 Å². The second kappa shape index (κ2) is 10.8. The van der Waals surface area contributed by atoms with Crippen LogP contribution in [0.25, 0.3) is 0 Å². The lowest BCUT2D eigenvalue weighted by Crippen LogP contribution is -2.23. The largest absolute Gasteiger partial charge is 0.482 e. The summed E-state index contributed by atoms with van der Waals surface area (Å²) in [6.07, 6.45) is -0.226. The van der Waals surface area contributed by atoms with Gasteiger partial charge in [0.2, 0.25) is 0 Å². The highest BCUT2D eigenvalue weighted by molar-refractivity contribution is 5.95. The Labute approximate surface area is 174 Å². The van der Waals surface area contributed by atoms with Crippen LogP contribution in [0.15, 0.2) is 48.5 Å². The summed E-state index contributed by atoms with van der Waals surface area (Å²) < 4.78 is 15.2. The van der Waals surface area contributed by atoms with Gasteiger partial charge in [-0.1, -0.05) is 0 Å². The van der Waals surface area contributed by atoms with E-state index in [-0.39, 0.29) is 18.5 Å². The summed E-state index contributed by atoms with van der Waals surface area (Å²) >= 11 is 0. The molecule has 0 aromatic heterocycles. The van der Waals surface area contributed by atoms with Crippen molar-refractivity contribution in [3.05, 3.63) is 59.7 Å². The first-order valence-corrected chi connectivity index (χ1v) is 9.25. The Kier molecular flexibility index (Phi) is 8.10. The van der Waals surface area contributed by atoms with Gasteiger partial charge in [-0.3, -0.25) is 9.59 Å². The van der Waals surface area contributed by atoms with Gasteiger partial charge in [0.25, 0.3) is 5.91 Å². The number of ketones is 1. The van der Waals surface area contributed by atoms with Crippen molar-refractivity contribution >= 4 is 29.3 Å². The van der Waals surface area contributed by atoms with E-state index < -0.39 is 24.5 Å². The second-order valence-corrected chi connectivity index (χ2v) is 6.61. The number of hydrogen-bond donors (Lipinski definition) is 1. The molecule has 0 saturated heterocycles. The molecule has 0 aliphatic rings. The third kappa shape index (κ3) is 7.38. The van der Waals surface area contributed by atoms with Gasteiger partial charge in [-0.25, -0.2) is 9.59 Å². The van der Waals surface area contributed by atoms with E-state index in [1.807, 2.05) is 0 Å². The summed E-state index contributed by atoms with van der Waals surface area (Å²) in [7, 11) is 0. The van der Waals surface area contributed by atoms with Crippen molar-refractivity contribution in [2.75, 3.05) is 18.5 Å². The molecule has 0 radical (unpaired) electrons. The number of rotatable bonds is 9. The molecule has 0 bridgehead atoms. The molecule has 0 aliphatic heterocycles. The maximum atomic E-state index is 11.9. The molecule has 0 unspecified atom stereocenters. The SMILES string of the molecule is CC(=O)c1ccc(OCC(=O)OCC(=O)Nc2ccc(C(=O)OC(C)C)cc2)cc1. The number of anilines is 1. The van der Waals surface area contributed by atoms with Gasteiger partial charge in [-0.2, -0.15) is 0 Å². The fourth-order valence-corrected chi connectivity index (χ4v) is 2.28. The Bertz CT molecular complexity index is 902. The summed E-state index contributed by atoms with van der Waals surface area (Å²) in [5.41, 5.74) is 1.34. The molecule has 2 aromatic carbocycles. The van der Waals surface area contributed by atoms with Crippen LogP contribution in [-0.2, 0) is 19.1 Å². The van der Waals surface area contributed by atoms with Gasteiger partial charge in [0.05, 0.1) is 11.7 Å². The van der Waals surface area contributed by atoms with Crippen LogP contribution < -0.4 is 10.1 Å². The Morgan fingerprint density at radius 3 is 2.03 bits per heavy atom. The van der Waals surface area contributed by atoms with Gasteiger partial charge in [0, 0.05) is 11.3 Å². The molecule has 0 spiro atoms. The van der Waals surface area contributed by atoms with Gasteiger partial charge < -0.3 is 19.5 Å². The first kappa shape index (κ1) is 22.6. The summed E-state index contributed by atoms with van der Waals surface area (Å²) in [6, 6.07) is 12.5. The molecule has 0 aliphatic carbocycles. The van der Waals surface area contributed by atoms with Crippen LogP contribution >= 0.6 is 0 Å². The molecule has 0 atom stereocenters. The molecule has 8 nitrogen and oxygen atoms in total. The average Bonchev–Trinajstić information content (AvgIpc) is 2.71. The van der Waals surface area contributed by atoms with E-state index in [2.05, 4.69) is 5.32 Å². The first-order valence-electron chi connectivity index (χ1n) is 9.25. The zero-order valence-corrected chi connectivity index (χ0v) is 17.0. The minimum Gasteiger partial charge on any atom is -0.482 e. The van der Waals surface area contributed by atoms with Gasteiger partial charge in [0.15, 0.2) is 19.0 Å². The molecule has 0 heterocycles. The van der Waals surface area contributed by atoms with Crippen molar-refractivity contribution in [3.63, 3.8) is 0 Å². The number of esters is 2. The quantitative estimate of drug-likeness (QED) is 0.497. The van der Waals surface area contributed by atoms with Gasteiger partial charge in [0.1, 0.15) is 5.75 Å². The molecule has 1 N–H and O–H groups in total. The lowest BCUT2D eigenvalue weighted by Gasteiger charge is -2.10. The Morgan fingerprint density at radius 1 is 0.867 bits per heavy atom. The molecule has 2 rings (SSSR count). The minimum absolute atomic E-state index is 0.0721. The third-order valence-electron chi connectivity index (χ3n) is 3.73. The topological polar surface area (TPSA) is 108 Å².